The molecule has 1 atom stereocenters. The molecule has 1 aliphatic heterocycles. The van der Waals surface area contributed by atoms with Crippen LogP contribution < -0.4 is 0 Å². The molecule has 12 heteroatoms. The maximum absolute atomic E-state index is 11.8. The van der Waals surface area contributed by atoms with Crippen molar-refractivity contribution in [2.45, 2.75) is 38.4 Å². The summed E-state index contributed by atoms with van der Waals surface area (Å²) in [6.07, 6.45) is 1.68. The van der Waals surface area contributed by atoms with E-state index in [0.717, 1.165) is 12.8 Å². The Morgan fingerprint density at radius 1 is 1.23 bits per heavy atom. The van der Waals surface area contributed by atoms with Gasteiger partial charge in [0.05, 0.1) is 6.61 Å². The highest BCUT2D eigenvalue weighted by molar-refractivity contribution is 5.53. The second-order valence-corrected chi connectivity index (χ2v) is 6.50. The molecule has 0 N–H and O–H groups in total. The second-order valence-electron chi connectivity index (χ2n) is 6.50. The van der Waals surface area contributed by atoms with Crippen LogP contribution >= 0.6 is 0 Å². The fourth-order valence-corrected chi connectivity index (χ4v) is 3.24. The van der Waals surface area contributed by atoms with Gasteiger partial charge in [0.25, 0.3) is 6.47 Å². The van der Waals surface area contributed by atoms with E-state index in [-0.39, 0.29) is 5.82 Å². The molecule has 1 saturated heterocycles. The van der Waals surface area contributed by atoms with Crippen molar-refractivity contribution in [3.05, 3.63) is 56.5 Å². The van der Waals surface area contributed by atoms with Crippen LogP contribution in [-0.2, 0) is 15.2 Å². The Labute approximate surface area is 172 Å². The summed E-state index contributed by atoms with van der Waals surface area (Å²) in [5.41, 5.74) is -2.14. The first-order chi connectivity index (χ1) is 14.4. The van der Waals surface area contributed by atoms with Crippen molar-refractivity contribution in [2.75, 3.05) is 19.7 Å². The van der Waals surface area contributed by atoms with Crippen LogP contribution in [0.15, 0.2) is 34.9 Å². The number of nitrogens with zero attached hydrogens (tertiary/aromatic N) is 5. The van der Waals surface area contributed by atoms with Crippen LogP contribution in [0.2, 0.25) is 0 Å². The first-order valence-corrected chi connectivity index (χ1v) is 9.37. The molecule has 1 aromatic heterocycles. The number of carbonyl (C=O) groups is 1. The molecule has 1 fully saturated rings. The SMILES string of the molecule is CC(N1CCCC1)C(c1nc(-c2ccccc2)no1)([N+](=O)[O-])[N+](=O)[O-].CCOC=O. The number of carbonyl (C=O) groups excluding carboxylic acids is 1. The molecule has 0 amide bonds. The lowest BCUT2D eigenvalue weighted by atomic mass is 10.0. The van der Waals surface area contributed by atoms with Gasteiger partial charge in [0.15, 0.2) is 6.04 Å². The zero-order valence-electron chi connectivity index (χ0n) is 16.7. The largest absolute Gasteiger partial charge is 0.549 e. The lowest BCUT2D eigenvalue weighted by Crippen LogP contribution is -2.58. The van der Waals surface area contributed by atoms with Gasteiger partial charge in [0.1, 0.15) is 9.85 Å². The van der Waals surface area contributed by atoms with Gasteiger partial charge in [-0.05, 0) is 39.8 Å². The highest BCUT2D eigenvalue weighted by Crippen LogP contribution is 2.34. The average molecular weight is 421 g/mol. The van der Waals surface area contributed by atoms with Gasteiger partial charge in [-0.3, -0.25) is 29.9 Å². The van der Waals surface area contributed by atoms with Crippen molar-refractivity contribution < 1.29 is 23.9 Å². The van der Waals surface area contributed by atoms with Crippen LogP contribution in [0, 0.1) is 20.2 Å². The molecule has 0 saturated carbocycles. The Balaban J connectivity index is 0.000000575. The summed E-state index contributed by atoms with van der Waals surface area (Å²) in [5, 5.41) is 27.3. The number of ether oxygens (including phenoxy) is 1. The van der Waals surface area contributed by atoms with Gasteiger partial charge < -0.3 is 9.26 Å². The Bertz CT molecular complexity index is 838. The summed E-state index contributed by atoms with van der Waals surface area (Å²) < 4.78 is 9.17. The van der Waals surface area contributed by atoms with E-state index >= 15 is 0 Å². The van der Waals surface area contributed by atoms with E-state index in [0.29, 0.717) is 31.7 Å². The van der Waals surface area contributed by atoms with Crippen molar-refractivity contribution in [2.24, 2.45) is 0 Å². The van der Waals surface area contributed by atoms with E-state index in [1.165, 1.54) is 6.92 Å². The number of hydrogen-bond acceptors (Lipinski definition) is 10. The van der Waals surface area contributed by atoms with E-state index in [1.54, 1.807) is 42.2 Å². The van der Waals surface area contributed by atoms with E-state index < -0.39 is 27.4 Å². The topological polar surface area (TPSA) is 155 Å². The summed E-state index contributed by atoms with van der Waals surface area (Å²) in [6.45, 7) is 5.25. The molecule has 1 unspecified atom stereocenters. The normalized spacial score (nSPS) is 15.0. The molecule has 0 bridgehead atoms. The summed E-state index contributed by atoms with van der Waals surface area (Å²) in [4.78, 5) is 36.7. The van der Waals surface area contributed by atoms with Crippen molar-refractivity contribution in [3.8, 4) is 11.4 Å². The zero-order valence-corrected chi connectivity index (χ0v) is 16.7. The number of rotatable bonds is 8. The first kappa shape index (κ1) is 22.9. The van der Waals surface area contributed by atoms with Crippen molar-refractivity contribution >= 4 is 6.47 Å². The maximum Gasteiger partial charge on any atom is 0.549 e. The third kappa shape index (κ3) is 4.59. The van der Waals surface area contributed by atoms with Gasteiger partial charge in [-0.15, -0.1) is 0 Å². The number of aromatic nitrogens is 2. The molecular weight excluding hydrogens is 398 g/mol. The summed E-state index contributed by atoms with van der Waals surface area (Å²) in [7, 11) is 0. The van der Waals surface area contributed by atoms with Gasteiger partial charge >= 0.3 is 11.6 Å². The number of nitro groups is 2. The Hall–Kier alpha value is -3.41. The molecule has 1 aromatic carbocycles. The lowest BCUT2D eigenvalue weighted by Gasteiger charge is -2.27. The van der Waals surface area contributed by atoms with Gasteiger partial charge in [-0.2, -0.15) is 4.98 Å². The Morgan fingerprint density at radius 2 is 1.83 bits per heavy atom. The van der Waals surface area contributed by atoms with Crippen LogP contribution in [0.5, 0.6) is 0 Å². The minimum Gasteiger partial charge on any atom is -0.468 e. The minimum atomic E-state index is -2.70. The molecule has 3 rings (SSSR count). The van der Waals surface area contributed by atoms with E-state index in [9.17, 15) is 25.0 Å². The molecule has 2 aromatic rings. The van der Waals surface area contributed by atoms with E-state index in [4.69, 9.17) is 4.52 Å². The van der Waals surface area contributed by atoms with Crippen LogP contribution in [-0.4, -0.2) is 57.1 Å². The molecule has 1 aliphatic rings. The maximum atomic E-state index is 11.8. The Kier molecular flexibility index (Phi) is 7.92. The second kappa shape index (κ2) is 10.4. The van der Waals surface area contributed by atoms with Crippen molar-refractivity contribution in [1.82, 2.24) is 15.0 Å². The fraction of sp³-hybridized carbons (Fsp3) is 0.500. The summed E-state index contributed by atoms with van der Waals surface area (Å²) in [5.74, 6) is -0.530. The number of benzene rings is 1. The molecule has 30 heavy (non-hydrogen) atoms. The average Bonchev–Trinajstić information content (AvgIpc) is 3.42. The molecule has 162 valence electrons. The van der Waals surface area contributed by atoms with E-state index in [1.807, 2.05) is 0 Å². The predicted molar refractivity (Wildman–Crippen MR) is 103 cm³/mol. The zero-order chi connectivity index (χ0) is 22.1. The standard InChI is InChI=1S/C15H17N5O5.C3H6O2/c1-11(18-9-5-6-10-18)15(19(21)22,20(23)24)14-16-13(17-25-14)12-7-3-2-4-8-12;1-2-5-3-4/h2-4,7-8,11H,5-6,9-10H2,1H3;3H,2H2,1H3. The molecule has 0 radical (unpaired) electrons. The van der Waals surface area contributed by atoms with Gasteiger partial charge in [0, 0.05) is 5.56 Å². The number of hydrogen-bond donors (Lipinski definition) is 0. The van der Waals surface area contributed by atoms with Crippen LogP contribution in [0.4, 0.5) is 0 Å². The highest BCUT2D eigenvalue weighted by atomic mass is 16.7. The van der Waals surface area contributed by atoms with Crippen LogP contribution in [0.1, 0.15) is 32.6 Å². The van der Waals surface area contributed by atoms with Crippen molar-refractivity contribution in [1.29, 1.82) is 0 Å². The minimum absolute atomic E-state index is 0.0808. The molecule has 12 nitrogen and oxygen atoms in total. The quantitative estimate of drug-likeness (QED) is 0.268. The third-order valence-corrected chi connectivity index (χ3v) is 4.84. The Morgan fingerprint density at radius 3 is 2.30 bits per heavy atom. The fourth-order valence-electron chi connectivity index (χ4n) is 3.24. The molecule has 2 heterocycles. The first-order valence-electron chi connectivity index (χ1n) is 9.37. The van der Waals surface area contributed by atoms with Gasteiger partial charge in [0.2, 0.25) is 5.82 Å². The summed E-state index contributed by atoms with van der Waals surface area (Å²) >= 11 is 0. The van der Waals surface area contributed by atoms with E-state index in [2.05, 4.69) is 14.9 Å². The van der Waals surface area contributed by atoms with Crippen LogP contribution in [0.25, 0.3) is 11.4 Å². The van der Waals surface area contributed by atoms with Crippen molar-refractivity contribution in [3.63, 3.8) is 0 Å². The monoisotopic (exact) mass is 421 g/mol. The smallest absolute Gasteiger partial charge is 0.468 e. The molecule has 0 aliphatic carbocycles. The van der Waals surface area contributed by atoms with Gasteiger partial charge in [-0.1, -0.05) is 35.5 Å². The van der Waals surface area contributed by atoms with Crippen LogP contribution in [0.3, 0.4) is 0 Å². The molecule has 0 spiro atoms. The summed E-state index contributed by atoms with van der Waals surface area (Å²) in [6, 6.07) is 7.64. The van der Waals surface area contributed by atoms with Gasteiger partial charge in [-0.25, -0.2) is 0 Å². The third-order valence-electron chi connectivity index (χ3n) is 4.84. The predicted octanol–water partition coefficient (Wildman–Crippen LogP) is 2.11. The number of likely N-dealkylation sites (tertiary alicyclic amines) is 1. The lowest BCUT2D eigenvalue weighted by molar-refractivity contribution is -0.820. The highest BCUT2D eigenvalue weighted by Gasteiger charge is 2.69. The molecular formula is C18H23N5O7.